The predicted octanol–water partition coefficient (Wildman–Crippen LogP) is 3.08. The number of unbranched alkanes of at least 4 members (excludes halogenated alkanes) is 3. The average molecular weight is 262 g/mol. The van der Waals surface area contributed by atoms with Crippen LogP contribution in [0.4, 0.5) is 0 Å². The Morgan fingerprint density at radius 1 is 1.16 bits per heavy atom. The van der Waals surface area contributed by atoms with Crippen molar-refractivity contribution in [3.63, 3.8) is 0 Å². The van der Waals surface area contributed by atoms with Crippen molar-refractivity contribution in [1.82, 2.24) is 5.32 Å². The van der Waals surface area contributed by atoms with Gasteiger partial charge in [-0.3, -0.25) is 4.79 Å². The number of amides is 1. The van der Waals surface area contributed by atoms with E-state index < -0.39 is 0 Å². The summed E-state index contributed by atoms with van der Waals surface area (Å²) in [6.07, 6.45) is 4.83. The predicted molar refractivity (Wildman–Crippen MR) is 79.9 cm³/mol. The van der Waals surface area contributed by atoms with Crippen LogP contribution >= 0.6 is 0 Å². The molecular formula is C16H26N2O. The lowest BCUT2D eigenvalue weighted by molar-refractivity contribution is -0.121. The zero-order valence-corrected chi connectivity index (χ0v) is 12.1. The molecule has 3 nitrogen and oxygen atoms in total. The van der Waals surface area contributed by atoms with Crippen molar-refractivity contribution in [3.8, 4) is 0 Å². The number of hydrogen-bond donors (Lipinski definition) is 2. The number of hydrogen-bond acceptors (Lipinski definition) is 2. The highest BCUT2D eigenvalue weighted by molar-refractivity contribution is 5.76. The molecule has 1 amide bonds. The van der Waals surface area contributed by atoms with Gasteiger partial charge < -0.3 is 11.1 Å². The van der Waals surface area contributed by atoms with Crippen LogP contribution in [0.5, 0.6) is 0 Å². The Balaban J connectivity index is 2.26. The van der Waals surface area contributed by atoms with Crippen molar-refractivity contribution < 1.29 is 4.79 Å². The minimum Gasteiger partial charge on any atom is -0.350 e. The summed E-state index contributed by atoms with van der Waals surface area (Å²) in [4.78, 5) is 11.8. The summed E-state index contributed by atoms with van der Waals surface area (Å²) in [7, 11) is 0. The summed E-state index contributed by atoms with van der Waals surface area (Å²) in [6.45, 7) is 4.84. The van der Waals surface area contributed by atoms with Gasteiger partial charge in [0.1, 0.15) is 0 Å². The quantitative estimate of drug-likeness (QED) is 0.707. The molecule has 0 heterocycles. The zero-order chi connectivity index (χ0) is 14.1. The molecule has 1 atom stereocenters. The lowest BCUT2D eigenvalue weighted by Gasteiger charge is -2.14. The lowest BCUT2D eigenvalue weighted by Crippen LogP contribution is -2.26. The summed E-state index contributed by atoms with van der Waals surface area (Å²) in [5.74, 6) is 0.140. The van der Waals surface area contributed by atoms with Gasteiger partial charge in [0.2, 0.25) is 5.91 Å². The standard InChI is InChI=1S/C16H26N2O/c1-13-8-10-15(11-9-13)14(2)18-16(19)7-5-3-4-6-12-17/h8-11,14H,3-7,12,17H2,1-2H3,(H,18,19). The highest BCUT2D eigenvalue weighted by Gasteiger charge is 2.08. The summed E-state index contributed by atoms with van der Waals surface area (Å²) >= 11 is 0. The van der Waals surface area contributed by atoms with Crippen LogP contribution in [0, 0.1) is 6.92 Å². The Morgan fingerprint density at radius 2 is 1.79 bits per heavy atom. The fraction of sp³-hybridized carbons (Fsp3) is 0.562. The highest BCUT2D eigenvalue weighted by Crippen LogP contribution is 2.13. The highest BCUT2D eigenvalue weighted by atomic mass is 16.1. The second kappa shape index (κ2) is 8.70. The van der Waals surface area contributed by atoms with Gasteiger partial charge in [-0.25, -0.2) is 0 Å². The Bertz CT molecular complexity index is 373. The number of benzene rings is 1. The van der Waals surface area contributed by atoms with Crippen LogP contribution in [0.15, 0.2) is 24.3 Å². The molecule has 0 aliphatic rings. The van der Waals surface area contributed by atoms with Gasteiger partial charge in [-0.05, 0) is 38.8 Å². The Kier molecular flexibility index (Phi) is 7.19. The SMILES string of the molecule is Cc1ccc(C(C)NC(=O)CCCCCCN)cc1. The fourth-order valence-electron chi connectivity index (χ4n) is 2.04. The minimum absolute atomic E-state index is 0.0807. The molecule has 0 spiro atoms. The molecule has 0 radical (unpaired) electrons. The molecule has 3 heteroatoms. The van der Waals surface area contributed by atoms with Crippen LogP contribution in [0.25, 0.3) is 0 Å². The van der Waals surface area contributed by atoms with E-state index in [4.69, 9.17) is 5.73 Å². The van der Waals surface area contributed by atoms with E-state index >= 15 is 0 Å². The van der Waals surface area contributed by atoms with Crippen molar-refractivity contribution in [2.24, 2.45) is 5.73 Å². The second-order valence-electron chi connectivity index (χ2n) is 5.15. The van der Waals surface area contributed by atoms with Crippen molar-refractivity contribution in [2.45, 2.75) is 52.0 Å². The monoisotopic (exact) mass is 262 g/mol. The lowest BCUT2D eigenvalue weighted by atomic mass is 10.1. The van der Waals surface area contributed by atoms with Crippen LogP contribution in [0.2, 0.25) is 0 Å². The van der Waals surface area contributed by atoms with Gasteiger partial charge in [0.25, 0.3) is 0 Å². The van der Waals surface area contributed by atoms with Crippen molar-refractivity contribution in [3.05, 3.63) is 35.4 Å². The molecule has 1 rings (SSSR count). The minimum atomic E-state index is 0.0807. The number of carbonyl (C=O) groups excluding carboxylic acids is 1. The molecule has 0 fully saturated rings. The van der Waals surface area contributed by atoms with Gasteiger partial charge in [-0.1, -0.05) is 42.7 Å². The Labute approximate surface area is 116 Å². The second-order valence-corrected chi connectivity index (χ2v) is 5.15. The molecule has 0 aromatic heterocycles. The molecular weight excluding hydrogens is 236 g/mol. The molecule has 106 valence electrons. The summed E-state index contributed by atoms with van der Waals surface area (Å²) in [6, 6.07) is 8.37. The maximum absolute atomic E-state index is 11.8. The first-order chi connectivity index (χ1) is 9.13. The van der Waals surface area contributed by atoms with Crippen LogP contribution in [-0.4, -0.2) is 12.5 Å². The third kappa shape index (κ3) is 6.39. The molecule has 3 N–H and O–H groups in total. The molecule has 0 saturated heterocycles. The van der Waals surface area contributed by atoms with Crippen LogP contribution in [-0.2, 0) is 4.79 Å². The summed E-state index contributed by atoms with van der Waals surface area (Å²) in [5, 5.41) is 3.04. The largest absolute Gasteiger partial charge is 0.350 e. The fourth-order valence-corrected chi connectivity index (χ4v) is 2.04. The van der Waals surface area contributed by atoms with E-state index in [9.17, 15) is 4.79 Å². The van der Waals surface area contributed by atoms with E-state index in [1.807, 2.05) is 6.92 Å². The van der Waals surface area contributed by atoms with Crippen molar-refractivity contribution in [2.75, 3.05) is 6.54 Å². The van der Waals surface area contributed by atoms with E-state index in [1.165, 1.54) is 5.56 Å². The maximum Gasteiger partial charge on any atom is 0.220 e. The number of aryl methyl sites for hydroxylation is 1. The van der Waals surface area contributed by atoms with E-state index in [-0.39, 0.29) is 11.9 Å². The van der Waals surface area contributed by atoms with Gasteiger partial charge >= 0.3 is 0 Å². The van der Waals surface area contributed by atoms with Gasteiger partial charge in [0.05, 0.1) is 6.04 Å². The maximum atomic E-state index is 11.8. The Hall–Kier alpha value is -1.35. The first-order valence-electron chi connectivity index (χ1n) is 7.19. The van der Waals surface area contributed by atoms with Gasteiger partial charge in [0, 0.05) is 6.42 Å². The van der Waals surface area contributed by atoms with Gasteiger partial charge in [-0.2, -0.15) is 0 Å². The molecule has 0 saturated carbocycles. The molecule has 19 heavy (non-hydrogen) atoms. The number of rotatable bonds is 8. The van der Waals surface area contributed by atoms with Crippen LogP contribution < -0.4 is 11.1 Å². The van der Waals surface area contributed by atoms with Crippen molar-refractivity contribution >= 4 is 5.91 Å². The smallest absolute Gasteiger partial charge is 0.220 e. The number of nitrogens with two attached hydrogens (primary N) is 1. The third-order valence-electron chi connectivity index (χ3n) is 3.31. The van der Waals surface area contributed by atoms with Crippen LogP contribution in [0.1, 0.15) is 56.2 Å². The summed E-state index contributed by atoms with van der Waals surface area (Å²) in [5.41, 5.74) is 7.82. The van der Waals surface area contributed by atoms with Gasteiger partial charge in [-0.15, -0.1) is 0 Å². The topological polar surface area (TPSA) is 55.1 Å². The summed E-state index contributed by atoms with van der Waals surface area (Å²) < 4.78 is 0. The molecule has 0 bridgehead atoms. The zero-order valence-electron chi connectivity index (χ0n) is 12.1. The average Bonchev–Trinajstić information content (AvgIpc) is 2.39. The van der Waals surface area contributed by atoms with E-state index in [2.05, 4.69) is 36.5 Å². The molecule has 0 aliphatic carbocycles. The molecule has 0 aliphatic heterocycles. The molecule has 1 unspecified atom stereocenters. The molecule has 1 aromatic carbocycles. The van der Waals surface area contributed by atoms with Gasteiger partial charge in [0.15, 0.2) is 0 Å². The first kappa shape index (κ1) is 15.7. The van der Waals surface area contributed by atoms with Crippen molar-refractivity contribution in [1.29, 1.82) is 0 Å². The molecule has 1 aromatic rings. The first-order valence-corrected chi connectivity index (χ1v) is 7.19. The van der Waals surface area contributed by atoms with E-state index in [1.54, 1.807) is 0 Å². The van der Waals surface area contributed by atoms with E-state index in [0.717, 1.165) is 37.8 Å². The Morgan fingerprint density at radius 3 is 2.42 bits per heavy atom. The number of nitrogens with one attached hydrogen (secondary N) is 1. The number of carbonyl (C=O) groups is 1. The van der Waals surface area contributed by atoms with E-state index in [0.29, 0.717) is 6.42 Å². The third-order valence-corrected chi connectivity index (χ3v) is 3.31. The normalized spacial score (nSPS) is 12.2. The van der Waals surface area contributed by atoms with Crippen LogP contribution in [0.3, 0.4) is 0 Å².